The summed E-state index contributed by atoms with van der Waals surface area (Å²) in [6.07, 6.45) is 1.08. The van der Waals surface area contributed by atoms with E-state index in [0.717, 1.165) is 0 Å². The Morgan fingerprint density at radius 1 is 1.22 bits per heavy atom. The van der Waals surface area contributed by atoms with E-state index in [9.17, 15) is 14.4 Å². The van der Waals surface area contributed by atoms with Crippen molar-refractivity contribution in [1.82, 2.24) is 10.6 Å². The van der Waals surface area contributed by atoms with Crippen LogP contribution >= 0.6 is 0 Å². The van der Waals surface area contributed by atoms with Crippen LogP contribution in [-0.2, 0) is 9.59 Å². The molecule has 94 valence electrons. The molecule has 0 radical (unpaired) electrons. The van der Waals surface area contributed by atoms with Crippen molar-refractivity contribution in [3.8, 4) is 0 Å². The molecule has 1 rings (SSSR count). The van der Waals surface area contributed by atoms with E-state index >= 15 is 0 Å². The van der Waals surface area contributed by atoms with Crippen LogP contribution in [0.2, 0.25) is 0 Å². The average molecular weight is 261 g/mol. The zero-order valence-electron chi connectivity index (χ0n) is 11.4. The third kappa shape index (κ3) is 3.22. The minimum Gasteiger partial charge on any atom is -0.277 e. The van der Waals surface area contributed by atoms with Gasteiger partial charge in [-0.3, -0.25) is 20.2 Å². The number of urea groups is 1. The van der Waals surface area contributed by atoms with Crippen molar-refractivity contribution in [2.24, 2.45) is 11.3 Å². The van der Waals surface area contributed by atoms with Crippen molar-refractivity contribution in [2.45, 2.75) is 33.6 Å². The Morgan fingerprint density at radius 3 is 2.00 bits per heavy atom. The summed E-state index contributed by atoms with van der Waals surface area (Å²) in [5, 5.41) is 4.27. The van der Waals surface area contributed by atoms with Gasteiger partial charge in [-0.25, -0.2) is 4.79 Å². The number of carbonyl (C=O) groups is 3. The zero-order chi connectivity index (χ0) is 13.2. The van der Waals surface area contributed by atoms with E-state index in [0.29, 0.717) is 24.3 Å². The first-order chi connectivity index (χ1) is 7.80. The number of imide groups is 2. The van der Waals surface area contributed by atoms with Crippen LogP contribution in [-0.4, -0.2) is 17.8 Å². The van der Waals surface area contributed by atoms with Crippen LogP contribution in [0.3, 0.4) is 0 Å². The summed E-state index contributed by atoms with van der Waals surface area (Å²) in [6, 6.07) is -0.763. The molecule has 0 aromatic rings. The molecular weight excluding hydrogens is 243 g/mol. The van der Waals surface area contributed by atoms with Gasteiger partial charge in [-0.15, -0.1) is 0 Å². The summed E-state index contributed by atoms with van der Waals surface area (Å²) in [5.41, 5.74) is -0.848. The molecule has 0 bridgehead atoms. The fraction of sp³-hybridized carbons (Fsp3) is 0.583. The van der Waals surface area contributed by atoms with Crippen molar-refractivity contribution in [2.75, 3.05) is 0 Å². The zero-order valence-corrected chi connectivity index (χ0v) is 13.4. The molecule has 0 atom stereocenters. The first-order valence-electron chi connectivity index (χ1n) is 5.63. The first-order valence-corrected chi connectivity index (χ1v) is 5.63. The Labute approximate surface area is 129 Å². The van der Waals surface area contributed by atoms with Gasteiger partial charge in [0.25, 0.3) is 0 Å². The molecule has 0 aromatic carbocycles. The molecular formula is C12H18N2NaO3+. The SMILES string of the molecule is C=C(C)C1(CCC(C)C)C(=O)NC(=O)NC1=O.[Na+]. The van der Waals surface area contributed by atoms with Gasteiger partial charge in [0.15, 0.2) is 0 Å². The van der Waals surface area contributed by atoms with E-state index in [4.69, 9.17) is 0 Å². The molecule has 1 heterocycles. The van der Waals surface area contributed by atoms with Crippen molar-refractivity contribution >= 4 is 17.8 Å². The Hall–Kier alpha value is -0.650. The van der Waals surface area contributed by atoms with Crippen molar-refractivity contribution in [1.29, 1.82) is 0 Å². The molecule has 0 aliphatic carbocycles. The molecule has 6 heteroatoms. The minimum absolute atomic E-state index is 0. The summed E-state index contributed by atoms with van der Waals surface area (Å²) in [5.74, 6) is -0.775. The van der Waals surface area contributed by atoms with Gasteiger partial charge in [0.05, 0.1) is 0 Å². The molecule has 0 saturated carbocycles. The molecule has 1 saturated heterocycles. The van der Waals surface area contributed by atoms with E-state index < -0.39 is 23.3 Å². The summed E-state index contributed by atoms with van der Waals surface area (Å²) in [7, 11) is 0. The molecule has 18 heavy (non-hydrogen) atoms. The maximum absolute atomic E-state index is 11.9. The normalized spacial score (nSPS) is 17.9. The van der Waals surface area contributed by atoms with Crippen molar-refractivity contribution in [3.63, 3.8) is 0 Å². The smallest absolute Gasteiger partial charge is 0.277 e. The van der Waals surface area contributed by atoms with Crippen molar-refractivity contribution < 1.29 is 43.9 Å². The maximum Gasteiger partial charge on any atom is 1.00 e. The van der Waals surface area contributed by atoms with E-state index in [1.54, 1.807) is 6.92 Å². The van der Waals surface area contributed by atoms with Gasteiger partial charge in [0, 0.05) is 0 Å². The Kier molecular flexibility index (Phi) is 6.26. The van der Waals surface area contributed by atoms with Gasteiger partial charge in [-0.2, -0.15) is 0 Å². The predicted octanol–water partition coefficient (Wildman–Crippen LogP) is -1.64. The summed E-state index contributed by atoms with van der Waals surface area (Å²) in [4.78, 5) is 34.9. The number of rotatable bonds is 4. The molecule has 1 aliphatic rings. The predicted molar refractivity (Wildman–Crippen MR) is 63.0 cm³/mol. The second-order valence-corrected chi connectivity index (χ2v) is 4.86. The van der Waals surface area contributed by atoms with Gasteiger partial charge in [0.2, 0.25) is 11.8 Å². The van der Waals surface area contributed by atoms with E-state index in [1.165, 1.54) is 0 Å². The first kappa shape index (κ1) is 17.4. The summed E-state index contributed by atoms with van der Waals surface area (Å²) >= 11 is 0. The van der Waals surface area contributed by atoms with Crippen LogP contribution in [0.15, 0.2) is 12.2 Å². The van der Waals surface area contributed by atoms with Crippen molar-refractivity contribution in [3.05, 3.63) is 12.2 Å². The number of hydrogen-bond acceptors (Lipinski definition) is 3. The molecule has 0 aromatic heterocycles. The van der Waals surface area contributed by atoms with Crippen LogP contribution in [0.1, 0.15) is 33.6 Å². The Morgan fingerprint density at radius 2 is 1.67 bits per heavy atom. The number of barbiturate groups is 1. The fourth-order valence-corrected chi connectivity index (χ4v) is 1.89. The number of hydrogen-bond donors (Lipinski definition) is 2. The van der Waals surface area contributed by atoms with Gasteiger partial charge in [0.1, 0.15) is 5.41 Å². The van der Waals surface area contributed by atoms with Gasteiger partial charge >= 0.3 is 35.6 Å². The van der Waals surface area contributed by atoms with Gasteiger partial charge in [-0.05, 0) is 25.7 Å². The number of carbonyl (C=O) groups excluding carboxylic acids is 3. The second-order valence-electron chi connectivity index (χ2n) is 4.86. The van der Waals surface area contributed by atoms with Gasteiger partial charge in [-0.1, -0.05) is 26.0 Å². The van der Waals surface area contributed by atoms with Crippen LogP contribution in [0.5, 0.6) is 0 Å². The van der Waals surface area contributed by atoms with E-state index in [1.807, 2.05) is 13.8 Å². The molecule has 0 spiro atoms. The quantitative estimate of drug-likeness (QED) is 0.362. The topological polar surface area (TPSA) is 75.3 Å². The molecule has 5 nitrogen and oxygen atoms in total. The van der Waals surface area contributed by atoms with E-state index in [-0.39, 0.29) is 29.6 Å². The fourth-order valence-electron chi connectivity index (χ4n) is 1.89. The Bertz CT molecular complexity index is 371. The van der Waals surface area contributed by atoms with Gasteiger partial charge < -0.3 is 0 Å². The van der Waals surface area contributed by atoms with Crippen LogP contribution in [0.25, 0.3) is 0 Å². The number of nitrogens with one attached hydrogen (secondary N) is 2. The number of amides is 4. The third-order valence-corrected chi connectivity index (χ3v) is 3.05. The molecule has 1 aliphatic heterocycles. The largest absolute Gasteiger partial charge is 1.00 e. The molecule has 2 N–H and O–H groups in total. The van der Waals surface area contributed by atoms with E-state index in [2.05, 4.69) is 17.2 Å². The Balaban J connectivity index is 0.00000289. The molecule has 1 fully saturated rings. The summed E-state index contributed by atoms with van der Waals surface area (Å²) < 4.78 is 0. The molecule has 4 amide bonds. The average Bonchev–Trinajstić information content (AvgIpc) is 2.15. The minimum atomic E-state index is -1.31. The summed E-state index contributed by atoms with van der Waals surface area (Å²) in [6.45, 7) is 9.38. The van der Waals surface area contributed by atoms with Crippen LogP contribution in [0.4, 0.5) is 4.79 Å². The second kappa shape index (κ2) is 6.50. The monoisotopic (exact) mass is 261 g/mol. The van der Waals surface area contributed by atoms with Crippen LogP contribution < -0.4 is 40.2 Å². The maximum atomic E-state index is 11.9. The third-order valence-electron chi connectivity index (χ3n) is 3.05. The van der Waals surface area contributed by atoms with Crippen LogP contribution in [0, 0.1) is 11.3 Å². The molecule has 0 unspecified atom stereocenters. The standard InChI is InChI=1S/C12H18N2O3.Na/c1-7(2)5-6-12(8(3)4)9(15)13-11(17)14-10(12)16;/h7H,3,5-6H2,1-2,4H3,(H2,13,14,15,16,17);/q;+1.